The van der Waals surface area contributed by atoms with Crippen LogP contribution in [-0.4, -0.2) is 15.0 Å². The first-order valence-electron chi connectivity index (χ1n) is 14.4. The van der Waals surface area contributed by atoms with E-state index in [1.54, 1.807) is 0 Å². The quantitative estimate of drug-likeness (QED) is 0.0837. The number of tetrazole rings is 1. The van der Waals surface area contributed by atoms with Gasteiger partial charge in [-0.1, -0.05) is 108 Å². The number of hydrogen-bond donors (Lipinski definition) is 1. The fourth-order valence-corrected chi connectivity index (χ4v) is 5.19. The minimum Gasteiger partial charge on any atom is -0.127 e. The third kappa shape index (κ3) is 9.77. The van der Waals surface area contributed by atoms with Crippen LogP contribution in [-0.2, 0) is 0 Å². The van der Waals surface area contributed by atoms with Crippen LogP contribution >= 0.6 is 12.6 Å². The van der Waals surface area contributed by atoms with E-state index in [4.69, 9.17) is 22.8 Å². The lowest BCUT2D eigenvalue weighted by Crippen LogP contribution is -2.48. The van der Waals surface area contributed by atoms with Crippen molar-refractivity contribution >= 4 is 12.6 Å². The Balaban J connectivity index is 1.50. The third-order valence-corrected chi connectivity index (χ3v) is 7.76. The topological polar surface area (TPSA) is 34.6 Å². The molecular weight excluding hydrogens is 472 g/mol. The predicted octanol–water partition coefficient (Wildman–Crippen LogP) is 8.79. The van der Waals surface area contributed by atoms with E-state index in [0.29, 0.717) is 11.8 Å². The molecule has 0 fully saturated rings. The van der Waals surface area contributed by atoms with Crippen LogP contribution < -0.4 is 4.80 Å². The molecule has 1 heterocycles. The van der Waals surface area contributed by atoms with Gasteiger partial charge >= 0.3 is 5.82 Å². The number of hydrogen-bond acceptors (Lipinski definition) is 3. The van der Waals surface area contributed by atoms with Crippen LogP contribution in [0.15, 0.2) is 72.8 Å². The standard InChI is InChI=1S/C32H46N4S/c1-4-5-6-7-8-9-10-11-12-13-16-21-27(2)28(3)26-31(37)36-34-32(29-22-17-14-18-23-29)33-35(36)30-24-19-15-20-25-30/h11-12,14-15,17-20,22-25,27-28,31H,4-10,13,16,21,26H2,1-3H3/p+1/b12-11-. The zero-order valence-corrected chi connectivity index (χ0v) is 24.1. The maximum absolute atomic E-state index is 5.01. The molecule has 1 aromatic heterocycles. The molecule has 3 atom stereocenters. The van der Waals surface area contributed by atoms with Gasteiger partial charge in [0.05, 0.1) is 10.7 Å². The second-order valence-corrected chi connectivity index (χ2v) is 11.1. The summed E-state index contributed by atoms with van der Waals surface area (Å²) in [6.07, 6.45) is 18.9. The van der Waals surface area contributed by atoms with Gasteiger partial charge in [-0.3, -0.25) is 0 Å². The first-order chi connectivity index (χ1) is 18.1. The number of para-hydroxylation sites is 1. The average Bonchev–Trinajstić information content (AvgIpc) is 3.38. The van der Waals surface area contributed by atoms with E-state index in [1.165, 1.54) is 64.2 Å². The molecule has 3 aromatic rings. The molecule has 0 N–H and O–H groups in total. The van der Waals surface area contributed by atoms with E-state index in [2.05, 4.69) is 57.2 Å². The SMILES string of the molecule is CCCCCCCC/C=C\CCCC(C)C(C)CC(S)[n+]1nc(-c2ccccc2)nn1-c1ccccc1. The largest absolute Gasteiger partial charge is 0.339 e. The van der Waals surface area contributed by atoms with Crippen LogP contribution in [0.5, 0.6) is 0 Å². The van der Waals surface area contributed by atoms with Gasteiger partial charge in [-0.2, -0.15) is 0 Å². The molecule has 2 aromatic carbocycles. The van der Waals surface area contributed by atoms with E-state index in [0.717, 1.165) is 23.5 Å². The summed E-state index contributed by atoms with van der Waals surface area (Å²) in [7, 11) is 0. The molecule has 0 radical (unpaired) electrons. The van der Waals surface area contributed by atoms with E-state index in [9.17, 15) is 0 Å². The van der Waals surface area contributed by atoms with Gasteiger partial charge in [0, 0.05) is 11.2 Å². The number of unbranched alkanes of at least 4 members (excludes halogenated alkanes) is 7. The van der Waals surface area contributed by atoms with Crippen LogP contribution in [0, 0.1) is 11.8 Å². The van der Waals surface area contributed by atoms with Crippen molar-refractivity contribution in [3.8, 4) is 17.1 Å². The summed E-state index contributed by atoms with van der Waals surface area (Å²) >= 11 is 5.01. The van der Waals surface area contributed by atoms with Gasteiger partial charge in [0.2, 0.25) is 0 Å². The first-order valence-corrected chi connectivity index (χ1v) is 14.9. The highest BCUT2D eigenvalue weighted by atomic mass is 32.1. The summed E-state index contributed by atoms with van der Waals surface area (Å²) < 4.78 is 0. The van der Waals surface area contributed by atoms with Crippen molar-refractivity contribution in [2.75, 3.05) is 0 Å². The van der Waals surface area contributed by atoms with Crippen molar-refractivity contribution in [1.29, 1.82) is 0 Å². The highest BCUT2D eigenvalue weighted by Gasteiger charge is 2.28. The van der Waals surface area contributed by atoms with Crippen molar-refractivity contribution in [2.45, 2.75) is 96.8 Å². The van der Waals surface area contributed by atoms with Gasteiger partial charge in [-0.05, 0) is 71.7 Å². The summed E-state index contributed by atoms with van der Waals surface area (Å²) in [6, 6.07) is 20.4. The average molecular weight is 520 g/mol. The zero-order chi connectivity index (χ0) is 26.3. The van der Waals surface area contributed by atoms with Gasteiger partial charge in [0.25, 0.3) is 0 Å². The summed E-state index contributed by atoms with van der Waals surface area (Å²) in [5.74, 6) is 1.91. The van der Waals surface area contributed by atoms with E-state index < -0.39 is 0 Å². The zero-order valence-electron chi connectivity index (χ0n) is 23.2. The Labute approximate surface area is 230 Å². The number of benzene rings is 2. The van der Waals surface area contributed by atoms with Crippen molar-refractivity contribution in [1.82, 2.24) is 15.0 Å². The fraction of sp³-hybridized carbons (Fsp3) is 0.531. The Morgan fingerprint density at radius 2 is 1.43 bits per heavy atom. The number of allylic oxidation sites excluding steroid dienone is 2. The van der Waals surface area contributed by atoms with Gasteiger partial charge in [0.1, 0.15) is 5.69 Å². The van der Waals surface area contributed by atoms with Crippen LogP contribution in [0.2, 0.25) is 0 Å². The lowest BCUT2D eigenvalue weighted by Gasteiger charge is -2.21. The Bertz CT molecular complexity index is 1030. The molecule has 0 aliphatic rings. The number of nitrogens with zero attached hydrogens (tertiary/aromatic N) is 4. The molecule has 200 valence electrons. The van der Waals surface area contributed by atoms with Crippen molar-refractivity contribution in [3.05, 3.63) is 72.8 Å². The molecule has 3 unspecified atom stereocenters. The van der Waals surface area contributed by atoms with Crippen LogP contribution in [0.1, 0.15) is 96.8 Å². The second-order valence-electron chi connectivity index (χ2n) is 10.5. The maximum atomic E-state index is 5.01. The summed E-state index contributed by atoms with van der Waals surface area (Å²) in [5, 5.41) is 9.67. The lowest BCUT2D eigenvalue weighted by molar-refractivity contribution is -0.823. The highest BCUT2D eigenvalue weighted by molar-refractivity contribution is 7.80. The van der Waals surface area contributed by atoms with Crippen molar-refractivity contribution < 1.29 is 4.80 Å². The van der Waals surface area contributed by atoms with Crippen LogP contribution in [0.25, 0.3) is 17.1 Å². The second kappa shape index (κ2) is 16.4. The van der Waals surface area contributed by atoms with Crippen LogP contribution in [0.3, 0.4) is 0 Å². The molecule has 4 nitrogen and oxygen atoms in total. The molecule has 0 aliphatic carbocycles. The first kappa shape index (κ1) is 29.2. The minimum atomic E-state index is -0.0557. The van der Waals surface area contributed by atoms with Crippen molar-refractivity contribution in [2.24, 2.45) is 11.8 Å². The van der Waals surface area contributed by atoms with E-state index in [1.807, 2.05) is 46.0 Å². The number of rotatable bonds is 17. The Morgan fingerprint density at radius 3 is 2.14 bits per heavy atom. The Hall–Kier alpha value is -2.40. The smallest absolute Gasteiger partial charge is 0.127 e. The molecule has 5 heteroatoms. The van der Waals surface area contributed by atoms with Crippen molar-refractivity contribution in [3.63, 3.8) is 0 Å². The Kier molecular flexibility index (Phi) is 13.0. The van der Waals surface area contributed by atoms with Gasteiger partial charge in [0.15, 0.2) is 5.37 Å². The molecule has 0 saturated carbocycles. The monoisotopic (exact) mass is 519 g/mol. The molecular formula is C32H47N4S+. The van der Waals surface area contributed by atoms with Gasteiger partial charge in [-0.15, -0.1) is 12.6 Å². The maximum Gasteiger partial charge on any atom is 0.339 e. The van der Waals surface area contributed by atoms with E-state index in [-0.39, 0.29) is 5.37 Å². The molecule has 0 amide bonds. The summed E-state index contributed by atoms with van der Waals surface area (Å²) in [5.41, 5.74) is 2.00. The Morgan fingerprint density at radius 1 is 0.811 bits per heavy atom. The third-order valence-electron chi connectivity index (χ3n) is 7.34. The lowest BCUT2D eigenvalue weighted by atomic mass is 9.88. The van der Waals surface area contributed by atoms with Gasteiger partial charge in [-0.25, -0.2) is 0 Å². The van der Waals surface area contributed by atoms with Gasteiger partial charge < -0.3 is 0 Å². The molecule has 3 rings (SSSR count). The fourth-order valence-electron chi connectivity index (χ4n) is 4.71. The predicted molar refractivity (Wildman–Crippen MR) is 159 cm³/mol. The molecule has 0 aliphatic heterocycles. The highest BCUT2D eigenvalue weighted by Crippen LogP contribution is 2.27. The molecule has 0 saturated heterocycles. The normalized spacial score (nSPS) is 14.2. The van der Waals surface area contributed by atoms with Crippen LogP contribution in [0.4, 0.5) is 0 Å². The minimum absolute atomic E-state index is 0.0557. The molecule has 0 bridgehead atoms. The van der Waals surface area contributed by atoms with E-state index >= 15 is 0 Å². The number of thiol groups is 1. The summed E-state index contributed by atoms with van der Waals surface area (Å²) in [4.78, 5) is 3.83. The number of aromatic nitrogens is 4. The summed E-state index contributed by atoms with van der Waals surface area (Å²) in [6.45, 7) is 7.01. The molecule has 0 spiro atoms. The molecule has 37 heavy (non-hydrogen) atoms.